The number of anilines is 2. The number of benzene rings is 1. The van der Waals surface area contributed by atoms with Crippen molar-refractivity contribution in [1.29, 1.82) is 5.26 Å². The monoisotopic (exact) mass is 379 g/mol. The SMILES string of the molecule is COc1cc(Cl)cnc1N1CC(C#N)N(c2cncc3ccccc23)C1=O. The van der Waals surface area contributed by atoms with Crippen LogP contribution in [-0.2, 0) is 0 Å². The van der Waals surface area contributed by atoms with Crippen molar-refractivity contribution < 1.29 is 9.53 Å². The van der Waals surface area contributed by atoms with Gasteiger partial charge < -0.3 is 4.74 Å². The van der Waals surface area contributed by atoms with E-state index >= 15 is 0 Å². The van der Waals surface area contributed by atoms with Crippen LogP contribution in [0.15, 0.2) is 48.9 Å². The van der Waals surface area contributed by atoms with Crippen molar-refractivity contribution in [2.24, 2.45) is 0 Å². The summed E-state index contributed by atoms with van der Waals surface area (Å²) >= 11 is 5.97. The molecule has 0 N–H and O–H groups in total. The van der Waals surface area contributed by atoms with Crippen molar-refractivity contribution in [1.82, 2.24) is 9.97 Å². The number of amides is 2. The van der Waals surface area contributed by atoms with Crippen LogP contribution in [0.2, 0.25) is 5.02 Å². The maximum atomic E-state index is 13.2. The molecule has 0 radical (unpaired) electrons. The van der Waals surface area contributed by atoms with E-state index in [1.165, 1.54) is 23.1 Å². The minimum absolute atomic E-state index is 0.156. The Labute approximate surface area is 160 Å². The third kappa shape index (κ3) is 2.80. The lowest BCUT2D eigenvalue weighted by Crippen LogP contribution is -2.35. The lowest BCUT2D eigenvalue weighted by atomic mass is 10.1. The summed E-state index contributed by atoms with van der Waals surface area (Å²) in [5.74, 6) is 0.688. The third-order valence-electron chi connectivity index (χ3n) is 4.44. The van der Waals surface area contributed by atoms with Gasteiger partial charge in [0.15, 0.2) is 11.6 Å². The average molecular weight is 380 g/mol. The summed E-state index contributed by atoms with van der Waals surface area (Å²) in [4.78, 5) is 24.5. The lowest BCUT2D eigenvalue weighted by Gasteiger charge is -2.21. The molecule has 2 amide bonds. The summed E-state index contributed by atoms with van der Waals surface area (Å²) in [6.45, 7) is 0.156. The van der Waals surface area contributed by atoms with E-state index in [4.69, 9.17) is 16.3 Å². The Morgan fingerprint density at radius 1 is 1.30 bits per heavy atom. The van der Waals surface area contributed by atoms with Crippen LogP contribution in [0.1, 0.15) is 0 Å². The van der Waals surface area contributed by atoms with Crippen molar-refractivity contribution in [3.05, 3.63) is 53.9 Å². The van der Waals surface area contributed by atoms with Gasteiger partial charge in [-0.3, -0.25) is 14.8 Å². The second-order valence-corrected chi connectivity index (χ2v) is 6.40. The molecule has 0 aliphatic carbocycles. The van der Waals surface area contributed by atoms with E-state index in [0.717, 1.165) is 10.8 Å². The van der Waals surface area contributed by atoms with Gasteiger partial charge in [0.1, 0.15) is 6.04 Å². The zero-order chi connectivity index (χ0) is 19.0. The topological polar surface area (TPSA) is 82.3 Å². The van der Waals surface area contributed by atoms with Gasteiger partial charge in [-0.2, -0.15) is 5.26 Å². The molecule has 1 atom stereocenters. The molecule has 1 aliphatic heterocycles. The summed E-state index contributed by atoms with van der Waals surface area (Å²) in [5, 5.41) is 11.8. The third-order valence-corrected chi connectivity index (χ3v) is 4.64. The maximum absolute atomic E-state index is 13.2. The summed E-state index contributed by atoms with van der Waals surface area (Å²) in [6.07, 6.45) is 4.76. The first-order valence-corrected chi connectivity index (χ1v) is 8.54. The van der Waals surface area contributed by atoms with Crippen LogP contribution in [0.5, 0.6) is 5.75 Å². The summed E-state index contributed by atoms with van der Waals surface area (Å²) in [6, 6.07) is 10.3. The molecule has 0 saturated carbocycles. The predicted molar refractivity (Wildman–Crippen MR) is 102 cm³/mol. The smallest absolute Gasteiger partial charge is 0.331 e. The minimum Gasteiger partial charge on any atom is -0.493 e. The summed E-state index contributed by atoms with van der Waals surface area (Å²) in [7, 11) is 1.48. The van der Waals surface area contributed by atoms with Gasteiger partial charge in [0, 0.05) is 29.2 Å². The number of rotatable bonds is 3. The number of halogens is 1. The molecule has 1 saturated heterocycles. The van der Waals surface area contributed by atoms with E-state index in [1.54, 1.807) is 18.5 Å². The van der Waals surface area contributed by atoms with E-state index in [-0.39, 0.29) is 12.6 Å². The fourth-order valence-electron chi connectivity index (χ4n) is 3.20. The van der Waals surface area contributed by atoms with Crippen LogP contribution in [0.25, 0.3) is 10.8 Å². The van der Waals surface area contributed by atoms with Crippen molar-refractivity contribution >= 4 is 39.9 Å². The lowest BCUT2D eigenvalue weighted by molar-refractivity contribution is 0.255. The van der Waals surface area contributed by atoms with Gasteiger partial charge in [-0.15, -0.1) is 0 Å². The molecule has 1 fully saturated rings. The molecule has 1 aliphatic rings. The average Bonchev–Trinajstić information content (AvgIpc) is 3.03. The van der Waals surface area contributed by atoms with E-state index in [2.05, 4.69) is 16.0 Å². The van der Waals surface area contributed by atoms with E-state index < -0.39 is 6.04 Å². The fourth-order valence-corrected chi connectivity index (χ4v) is 3.35. The van der Waals surface area contributed by atoms with Crippen LogP contribution in [0, 0.1) is 11.3 Å². The molecule has 3 heterocycles. The largest absolute Gasteiger partial charge is 0.493 e. The highest BCUT2D eigenvalue weighted by molar-refractivity contribution is 6.30. The van der Waals surface area contributed by atoms with E-state index in [1.807, 2.05) is 24.3 Å². The number of urea groups is 1. The molecule has 1 aromatic carbocycles. The van der Waals surface area contributed by atoms with Crippen molar-refractivity contribution in [3.63, 3.8) is 0 Å². The minimum atomic E-state index is -0.688. The van der Waals surface area contributed by atoms with Crippen molar-refractivity contribution in [3.8, 4) is 11.8 Å². The predicted octanol–water partition coefficient (Wildman–Crippen LogP) is 3.63. The first kappa shape index (κ1) is 17.1. The van der Waals surface area contributed by atoms with Gasteiger partial charge in [0.05, 0.1) is 36.6 Å². The highest BCUT2D eigenvalue weighted by Gasteiger charge is 2.41. The Balaban J connectivity index is 1.81. The standard InChI is InChI=1S/C19H14ClN5O2/c1-27-17-6-13(20)9-23-18(17)24-11-14(7-21)25(19(24)26)16-10-22-8-12-4-2-3-5-15(12)16/h2-6,8-10,14H,11H2,1H3. The van der Waals surface area contributed by atoms with E-state index in [0.29, 0.717) is 22.3 Å². The first-order chi connectivity index (χ1) is 13.1. The molecule has 7 nitrogen and oxygen atoms in total. The van der Waals surface area contributed by atoms with Gasteiger partial charge in [-0.05, 0) is 0 Å². The quantitative estimate of drug-likeness (QED) is 0.694. The van der Waals surface area contributed by atoms with Gasteiger partial charge in [-0.25, -0.2) is 9.78 Å². The number of hydrogen-bond donors (Lipinski definition) is 0. The van der Waals surface area contributed by atoms with Crippen molar-refractivity contribution in [2.45, 2.75) is 6.04 Å². The number of methoxy groups -OCH3 is 1. The Kier molecular flexibility index (Phi) is 4.26. The first-order valence-electron chi connectivity index (χ1n) is 8.16. The number of nitriles is 1. The van der Waals surface area contributed by atoms with Gasteiger partial charge in [0.25, 0.3) is 0 Å². The molecule has 0 spiro atoms. The van der Waals surface area contributed by atoms with Crippen LogP contribution in [0.3, 0.4) is 0 Å². The Morgan fingerprint density at radius 2 is 2.11 bits per heavy atom. The van der Waals surface area contributed by atoms with Crippen LogP contribution >= 0.6 is 11.6 Å². The van der Waals surface area contributed by atoms with Gasteiger partial charge >= 0.3 is 6.03 Å². The molecule has 8 heteroatoms. The van der Waals surface area contributed by atoms with E-state index in [9.17, 15) is 10.1 Å². The number of carbonyl (C=O) groups is 1. The number of pyridine rings is 2. The number of fused-ring (bicyclic) bond motifs is 1. The van der Waals surface area contributed by atoms with Crippen LogP contribution in [0.4, 0.5) is 16.3 Å². The van der Waals surface area contributed by atoms with Crippen LogP contribution < -0.4 is 14.5 Å². The molecular formula is C19H14ClN5O2. The van der Waals surface area contributed by atoms with Gasteiger partial charge in [-0.1, -0.05) is 35.9 Å². The zero-order valence-corrected chi connectivity index (χ0v) is 15.1. The molecule has 4 rings (SSSR count). The molecule has 1 unspecified atom stereocenters. The fraction of sp³-hybridized carbons (Fsp3) is 0.158. The second-order valence-electron chi connectivity index (χ2n) is 5.97. The zero-order valence-electron chi connectivity index (χ0n) is 14.3. The number of hydrogen-bond acceptors (Lipinski definition) is 5. The number of carbonyl (C=O) groups excluding carboxylic acids is 1. The number of aromatic nitrogens is 2. The molecule has 3 aromatic rings. The maximum Gasteiger partial charge on any atom is 0.331 e. The number of nitrogens with zero attached hydrogens (tertiary/aromatic N) is 5. The summed E-state index contributed by atoms with van der Waals surface area (Å²) in [5.41, 5.74) is 0.583. The highest BCUT2D eigenvalue weighted by atomic mass is 35.5. The molecule has 0 bridgehead atoms. The molecule has 134 valence electrons. The van der Waals surface area contributed by atoms with Gasteiger partial charge in [0.2, 0.25) is 0 Å². The Morgan fingerprint density at radius 3 is 2.89 bits per heavy atom. The second kappa shape index (κ2) is 6.74. The molecular weight excluding hydrogens is 366 g/mol. The molecule has 2 aromatic heterocycles. The normalized spacial score (nSPS) is 16.6. The molecule has 27 heavy (non-hydrogen) atoms. The number of ether oxygens (including phenoxy) is 1. The highest BCUT2D eigenvalue weighted by Crippen LogP contribution is 2.36. The Bertz CT molecular complexity index is 1080. The summed E-state index contributed by atoms with van der Waals surface area (Å²) < 4.78 is 5.31. The van der Waals surface area contributed by atoms with Crippen molar-refractivity contribution in [2.75, 3.05) is 23.5 Å². The van der Waals surface area contributed by atoms with Crippen LogP contribution in [-0.4, -0.2) is 35.7 Å². The Hall–Kier alpha value is -3.37.